The van der Waals surface area contributed by atoms with E-state index in [9.17, 15) is 14.7 Å². The summed E-state index contributed by atoms with van der Waals surface area (Å²) in [6.07, 6.45) is 5.85. The van der Waals surface area contributed by atoms with Crippen molar-refractivity contribution in [1.29, 1.82) is 0 Å². The Kier molecular flexibility index (Phi) is 7.64. The van der Waals surface area contributed by atoms with Gasteiger partial charge in [0.15, 0.2) is 5.78 Å². The molecule has 0 saturated carbocycles. The second kappa shape index (κ2) is 11.5. The van der Waals surface area contributed by atoms with Gasteiger partial charge in [-0.05, 0) is 30.7 Å². The third kappa shape index (κ3) is 5.85. The lowest BCUT2D eigenvalue weighted by molar-refractivity contribution is 0.0266. The van der Waals surface area contributed by atoms with Crippen LogP contribution in [-0.2, 0) is 13.1 Å². The number of carbonyl (C=O) groups is 2. The van der Waals surface area contributed by atoms with E-state index < -0.39 is 5.60 Å². The van der Waals surface area contributed by atoms with Crippen LogP contribution in [0.1, 0.15) is 38.4 Å². The van der Waals surface area contributed by atoms with Crippen LogP contribution in [0.15, 0.2) is 91.5 Å². The van der Waals surface area contributed by atoms with Gasteiger partial charge in [-0.25, -0.2) is 9.67 Å². The van der Waals surface area contributed by atoms with Gasteiger partial charge in [-0.3, -0.25) is 9.59 Å². The fraction of sp³-hybridized carbons (Fsp3) is 0.194. The molecular formula is C31H26Cl2N6O3. The summed E-state index contributed by atoms with van der Waals surface area (Å²) in [6.45, 7) is 1.08. The monoisotopic (exact) mass is 600 g/mol. The number of carbonyl (C=O) groups excluding carboxylic acids is 2. The summed E-state index contributed by atoms with van der Waals surface area (Å²) in [5, 5.41) is 20.4. The van der Waals surface area contributed by atoms with Crippen LogP contribution >= 0.6 is 23.2 Å². The fourth-order valence-electron chi connectivity index (χ4n) is 5.17. The maximum atomic E-state index is 13.5. The van der Waals surface area contributed by atoms with Crippen molar-refractivity contribution in [3.63, 3.8) is 0 Å². The zero-order valence-corrected chi connectivity index (χ0v) is 23.9. The van der Waals surface area contributed by atoms with E-state index in [1.54, 1.807) is 58.5 Å². The Labute approximate surface area is 251 Å². The van der Waals surface area contributed by atoms with Gasteiger partial charge in [0, 0.05) is 29.4 Å². The summed E-state index contributed by atoms with van der Waals surface area (Å²) in [5.41, 5.74) is 2.27. The van der Waals surface area contributed by atoms with Crippen molar-refractivity contribution >= 4 is 34.9 Å². The lowest BCUT2D eigenvalue weighted by Crippen LogP contribution is -2.39. The van der Waals surface area contributed by atoms with E-state index in [2.05, 4.69) is 15.3 Å². The molecule has 42 heavy (non-hydrogen) atoms. The molecule has 6 rings (SSSR count). The first-order valence-electron chi connectivity index (χ1n) is 13.3. The molecule has 1 fully saturated rings. The number of aromatic nitrogens is 5. The lowest BCUT2D eigenvalue weighted by Gasteiger charge is -2.23. The maximum absolute atomic E-state index is 13.5. The van der Waals surface area contributed by atoms with Crippen molar-refractivity contribution in [3.05, 3.63) is 124 Å². The molecule has 1 aliphatic heterocycles. The largest absolute Gasteiger partial charge is 0.386 e. The van der Waals surface area contributed by atoms with E-state index in [-0.39, 0.29) is 40.9 Å². The van der Waals surface area contributed by atoms with Crippen LogP contribution < -0.4 is 0 Å². The van der Waals surface area contributed by atoms with E-state index in [0.717, 1.165) is 17.0 Å². The highest BCUT2D eigenvalue weighted by Gasteiger charge is 2.40. The number of rotatable bonds is 8. The molecule has 1 saturated heterocycles. The second-order valence-electron chi connectivity index (χ2n) is 10.4. The lowest BCUT2D eigenvalue weighted by atomic mass is 9.97. The number of halogens is 2. The number of amides is 1. The Morgan fingerprint density at radius 2 is 1.69 bits per heavy atom. The highest BCUT2D eigenvalue weighted by molar-refractivity contribution is 6.42. The quantitative estimate of drug-likeness (QED) is 0.251. The van der Waals surface area contributed by atoms with Gasteiger partial charge in [-0.1, -0.05) is 76.9 Å². The van der Waals surface area contributed by atoms with Gasteiger partial charge in [0.1, 0.15) is 11.3 Å². The molecule has 1 amide bonds. The summed E-state index contributed by atoms with van der Waals surface area (Å²) in [7, 11) is 0. The predicted octanol–water partition coefficient (Wildman–Crippen LogP) is 5.00. The number of ketones is 1. The van der Waals surface area contributed by atoms with Crippen molar-refractivity contribution < 1.29 is 14.7 Å². The molecular weight excluding hydrogens is 575 g/mol. The first-order valence-corrected chi connectivity index (χ1v) is 14.1. The van der Waals surface area contributed by atoms with Gasteiger partial charge < -0.3 is 14.6 Å². The van der Waals surface area contributed by atoms with Gasteiger partial charge in [0.25, 0.3) is 5.91 Å². The Bertz CT molecular complexity index is 1770. The van der Waals surface area contributed by atoms with E-state index in [1.807, 2.05) is 41.1 Å². The van der Waals surface area contributed by atoms with Gasteiger partial charge in [-0.15, -0.1) is 5.10 Å². The normalized spacial score (nSPS) is 16.6. The van der Waals surface area contributed by atoms with E-state index in [1.165, 1.54) is 6.07 Å². The van der Waals surface area contributed by atoms with Gasteiger partial charge >= 0.3 is 0 Å². The number of aliphatic hydroxyl groups is 1. The highest BCUT2D eigenvalue weighted by atomic mass is 35.5. The van der Waals surface area contributed by atoms with Crippen molar-refractivity contribution in [2.75, 3.05) is 13.1 Å². The fourth-order valence-corrected chi connectivity index (χ4v) is 5.47. The first kappa shape index (κ1) is 27.8. The maximum Gasteiger partial charge on any atom is 0.254 e. The van der Waals surface area contributed by atoms with Crippen LogP contribution in [0.2, 0.25) is 10.0 Å². The predicted molar refractivity (Wildman–Crippen MR) is 159 cm³/mol. The molecule has 0 aliphatic carbocycles. The molecule has 2 aromatic heterocycles. The first-order chi connectivity index (χ1) is 20.3. The van der Waals surface area contributed by atoms with Crippen LogP contribution in [0, 0.1) is 0 Å². The molecule has 5 aromatic rings. The minimum absolute atomic E-state index is 0.0955. The Morgan fingerprint density at radius 3 is 2.48 bits per heavy atom. The summed E-state index contributed by atoms with van der Waals surface area (Å²) >= 11 is 12.1. The molecule has 9 nitrogen and oxygen atoms in total. The smallest absolute Gasteiger partial charge is 0.254 e. The third-order valence-electron chi connectivity index (χ3n) is 7.29. The number of nitrogens with zero attached hydrogens (tertiary/aromatic N) is 6. The van der Waals surface area contributed by atoms with Gasteiger partial charge in [-0.2, -0.15) is 0 Å². The molecule has 1 unspecified atom stereocenters. The molecule has 1 N–H and O–H groups in total. The molecule has 1 aliphatic rings. The molecule has 0 radical (unpaired) electrons. The van der Waals surface area contributed by atoms with Gasteiger partial charge in [0.2, 0.25) is 0 Å². The Morgan fingerprint density at radius 1 is 0.929 bits per heavy atom. The number of β-amino-alcohol motifs (C(OH)–C–C–N with tert-alkyl or cyclic N) is 1. The van der Waals surface area contributed by atoms with Crippen molar-refractivity contribution in [2.24, 2.45) is 0 Å². The molecule has 11 heteroatoms. The minimum atomic E-state index is -1.20. The molecule has 0 spiro atoms. The average Bonchev–Trinajstić information content (AvgIpc) is 3.75. The molecule has 3 heterocycles. The summed E-state index contributed by atoms with van der Waals surface area (Å²) in [6, 6.07) is 21.2. The van der Waals surface area contributed by atoms with E-state index >= 15 is 0 Å². The summed E-state index contributed by atoms with van der Waals surface area (Å²) in [5.74, 6) is -0.667. The summed E-state index contributed by atoms with van der Waals surface area (Å²) in [4.78, 5) is 32.9. The molecule has 212 valence electrons. The topological polar surface area (TPSA) is 106 Å². The Balaban J connectivity index is 1.11. The van der Waals surface area contributed by atoms with Crippen LogP contribution in [-0.4, -0.2) is 64.9 Å². The van der Waals surface area contributed by atoms with Crippen molar-refractivity contribution in [3.8, 4) is 11.3 Å². The SMILES string of the molecule is O=C(c1ccc(Cl)c(Cl)c1)c1ccccc1C(=O)N1CCC(O)(Cn2cc(Cn3cnc(-c4ccccc4)c3)nn2)C1. The average molecular weight is 601 g/mol. The number of hydrogen-bond acceptors (Lipinski definition) is 6. The van der Waals surface area contributed by atoms with Crippen LogP contribution in [0.25, 0.3) is 11.3 Å². The number of benzene rings is 3. The molecule has 1 atom stereocenters. The highest BCUT2D eigenvalue weighted by Crippen LogP contribution is 2.28. The van der Waals surface area contributed by atoms with Crippen molar-refractivity contribution in [1.82, 2.24) is 29.4 Å². The van der Waals surface area contributed by atoms with Crippen LogP contribution in [0.3, 0.4) is 0 Å². The van der Waals surface area contributed by atoms with Crippen LogP contribution in [0.5, 0.6) is 0 Å². The number of hydrogen-bond donors (Lipinski definition) is 1. The van der Waals surface area contributed by atoms with E-state index in [4.69, 9.17) is 23.2 Å². The minimum Gasteiger partial charge on any atom is -0.386 e. The third-order valence-corrected chi connectivity index (χ3v) is 8.03. The molecule has 3 aromatic carbocycles. The summed E-state index contributed by atoms with van der Waals surface area (Å²) < 4.78 is 3.53. The second-order valence-corrected chi connectivity index (χ2v) is 11.2. The van der Waals surface area contributed by atoms with Crippen molar-refractivity contribution in [2.45, 2.75) is 25.1 Å². The van der Waals surface area contributed by atoms with E-state index in [0.29, 0.717) is 30.1 Å². The number of likely N-dealkylation sites (tertiary alicyclic amines) is 1. The zero-order valence-electron chi connectivity index (χ0n) is 22.4. The number of imidazole rings is 1. The zero-order chi connectivity index (χ0) is 29.3. The van der Waals surface area contributed by atoms with Crippen LogP contribution in [0.4, 0.5) is 0 Å². The Hall–Kier alpha value is -4.31. The standard InChI is InChI=1S/C31H26Cl2N6O3/c32-26-11-10-22(14-27(26)33)29(40)24-8-4-5-9-25(24)30(41)38-13-12-31(42,18-38)19-39-16-23(35-36-39)15-37-17-28(34-20-37)21-6-2-1-3-7-21/h1-11,14,16-17,20,42H,12-13,15,18-19H2. The molecule has 0 bridgehead atoms. The van der Waals surface area contributed by atoms with Gasteiger partial charge in [0.05, 0.1) is 53.5 Å².